The maximum Gasteiger partial charge on any atom is 0.260 e. The normalized spacial score (nSPS) is 17.4. The van der Waals surface area contributed by atoms with Gasteiger partial charge in [0.05, 0.1) is 30.7 Å². The van der Waals surface area contributed by atoms with Crippen LogP contribution in [0, 0.1) is 0 Å². The van der Waals surface area contributed by atoms with E-state index in [0.29, 0.717) is 11.4 Å². The molecule has 2 aliphatic heterocycles. The number of rotatable bonds is 4. The summed E-state index contributed by atoms with van der Waals surface area (Å²) in [5.41, 5.74) is 1.64. The summed E-state index contributed by atoms with van der Waals surface area (Å²) < 4.78 is 5.37. The lowest BCUT2D eigenvalue weighted by molar-refractivity contribution is 0.102. The fraction of sp³-hybridized carbons (Fsp3) is 0.421. The largest absolute Gasteiger partial charge is 0.378 e. The average molecular weight is 353 g/mol. The second-order valence-corrected chi connectivity index (χ2v) is 6.52. The van der Waals surface area contributed by atoms with E-state index in [1.165, 1.54) is 0 Å². The van der Waals surface area contributed by atoms with E-state index in [0.717, 1.165) is 63.7 Å². The molecule has 0 radical (unpaired) electrons. The van der Waals surface area contributed by atoms with Crippen LogP contribution in [0.2, 0.25) is 0 Å². The number of nitrogens with zero attached hydrogens (tertiary/aromatic N) is 4. The molecule has 0 aliphatic carbocycles. The second kappa shape index (κ2) is 7.70. The molecule has 26 heavy (non-hydrogen) atoms. The van der Waals surface area contributed by atoms with Gasteiger partial charge in [-0.2, -0.15) is 0 Å². The molecule has 2 aromatic rings. The number of ether oxygens (including phenoxy) is 1. The molecule has 4 heterocycles. The number of morpholine rings is 1. The Morgan fingerprint density at radius 1 is 1.00 bits per heavy atom. The number of hydrogen-bond donors (Lipinski definition) is 1. The number of amides is 1. The minimum Gasteiger partial charge on any atom is -0.378 e. The van der Waals surface area contributed by atoms with Gasteiger partial charge in [0.25, 0.3) is 5.91 Å². The Labute approximate surface area is 153 Å². The molecule has 2 saturated heterocycles. The fourth-order valence-corrected chi connectivity index (χ4v) is 3.41. The molecule has 2 aromatic heterocycles. The predicted molar refractivity (Wildman–Crippen MR) is 101 cm³/mol. The van der Waals surface area contributed by atoms with Crippen LogP contribution < -0.4 is 15.1 Å². The van der Waals surface area contributed by atoms with E-state index >= 15 is 0 Å². The molecule has 0 spiro atoms. The highest BCUT2D eigenvalue weighted by Gasteiger charge is 2.21. The van der Waals surface area contributed by atoms with Crippen molar-refractivity contribution in [2.45, 2.75) is 12.8 Å². The topological polar surface area (TPSA) is 70.6 Å². The number of hydrogen-bond acceptors (Lipinski definition) is 6. The van der Waals surface area contributed by atoms with Crippen molar-refractivity contribution >= 4 is 23.2 Å². The highest BCUT2D eigenvalue weighted by atomic mass is 16.5. The molecule has 1 amide bonds. The highest BCUT2D eigenvalue weighted by Crippen LogP contribution is 2.23. The van der Waals surface area contributed by atoms with Crippen molar-refractivity contribution in [1.29, 1.82) is 0 Å². The number of nitrogens with one attached hydrogen (secondary N) is 1. The SMILES string of the molecule is O=C(Nc1ccc(N2CCOCC2)cn1)c1cccnc1N1CCCC1. The van der Waals surface area contributed by atoms with Crippen LogP contribution in [0.15, 0.2) is 36.7 Å². The highest BCUT2D eigenvalue weighted by molar-refractivity contribution is 6.07. The summed E-state index contributed by atoms with van der Waals surface area (Å²) in [6.45, 7) is 5.09. The lowest BCUT2D eigenvalue weighted by Crippen LogP contribution is -2.36. The smallest absolute Gasteiger partial charge is 0.260 e. The first-order chi connectivity index (χ1) is 12.8. The van der Waals surface area contributed by atoms with Gasteiger partial charge in [-0.1, -0.05) is 0 Å². The first-order valence-electron chi connectivity index (χ1n) is 9.11. The Bertz CT molecular complexity index is 753. The first kappa shape index (κ1) is 16.8. The van der Waals surface area contributed by atoms with Crippen LogP contribution in [0.25, 0.3) is 0 Å². The summed E-state index contributed by atoms with van der Waals surface area (Å²) in [5, 5.41) is 2.89. The lowest BCUT2D eigenvalue weighted by Gasteiger charge is -2.28. The quantitative estimate of drug-likeness (QED) is 0.908. The van der Waals surface area contributed by atoms with Gasteiger partial charge in [-0.3, -0.25) is 4.79 Å². The van der Waals surface area contributed by atoms with E-state index < -0.39 is 0 Å². The summed E-state index contributed by atoms with van der Waals surface area (Å²) in [6, 6.07) is 7.44. The van der Waals surface area contributed by atoms with Crippen molar-refractivity contribution in [2.24, 2.45) is 0 Å². The summed E-state index contributed by atoms with van der Waals surface area (Å²) in [4.78, 5) is 26.0. The van der Waals surface area contributed by atoms with Crippen molar-refractivity contribution < 1.29 is 9.53 Å². The zero-order chi connectivity index (χ0) is 17.8. The Balaban J connectivity index is 1.46. The Hall–Kier alpha value is -2.67. The van der Waals surface area contributed by atoms with E-state index in [1.54, 1.807) is 18.5 Å². The zero-order valence-electron chi connectivity index (χ0n) is 14.7. The molecule has 7 nitrogen and oxygen atoms in total. The van der Waals surface area contributed by atoms with Gasteiger partial charge in [-0.15, -0.1) is 0 Å². The minimum atomic E-state index is -0.174. The number of anilines is 3. The van der Waals surface area contributed by atoms with Crippen LogP contribution >= 0.6 is 0 Å². The van der Waals surface area contributed by atoms with E-state index in [9.17, 15) is 4.79 Å². The van der Waals surface area contributed by atoms with Gasteiger partial charge in [-0.25, -0.2) is 9.97 Å². The number of carbonyl (C=O) groups excluding carboxylic acids is 1. The molecule has 2 aliphatic rings. The van der Waals surface area contributed by atoms with E-state index in [1.807, 2.05) is 18.2 Å². The van der Waals surface area contributed by atoms with E-state index in [4.69, 9.17) is 4.74 Å². The Kier molecular flexibility index (Phi) is 4.97. The summed E-state index contributed by atoms with van der Waals surface area (Å²) in [6.07, 6.45) is 5.82. The Morgan fingerprint density at radius 2 is 1.81 bits per heavy atom. The standard InChI is InChI=1S/C19H23N5O2/c25-19(16-4-3-7-20-18(16)24-8-1-2-9-24)22-17-6-5-15(14-21-17)23-10-12-26-13-11-23/h3-7,14H,1-2,8-13H2,(H,21,22,25). The Morgan fingerprint density at radius 3 is 2.54 bits per heavy atom. The van der Waals surface area contributed by atoms with Gasteiger partial charge >= 0.3 is 0 Å². The summed E-state index contributed by atoms with van der Waals surface area (Å²) >= 11 is 0. The van der Waals surface area contributed by atoms with E-state index in [2.05, 4.69) is 25.1 Å². The van der Waals surface area contributed by atoms with Gasteiger partial charge in [0.15, 0.2) is 0 Å². The van der Waals surface area contributed by atoms with Crippen LogP contribution in [-0.2, 0) is 4.74 Å². The van der Waals surface area contributed by atoms with Crippen molar-refractivity contribution in [3.63, 3.8) is 0 Å². The van der Waals surface area contributed by atoms with Crippen molar-refractivity contribution in [3.8, 4) is 0 Å². The lowest BCUT2D eigenvalue weighted by atomic mass is 10.2. The van der Waals surface area contributed by atoms with Crippen molar-refractivity contribution in [1.82, 2.24) is 9.97 Å². The van der Waals surface area contributed by atoms with Gasteiger partial charge in [0.2, 0.25) is 0 Å². The third-order valence-corrected chi connectivity index (χ3v) is 4.80. The van der Waals surface area contributed by atoms with Crippen LogP contribution in [-0.4, -0.2) is 55.3 Å². The summed E-state index contributed by atoms with van der Waals surface area (Å²) in [7, 11) is 0. The molecular formula is C19H23N5O2. The molecule has 4 rings (SSSR count). The minimum absolute atomic E-state index is 0.174. The summed E-state index contributed by atoms with van der Waals surface area (Å²) in [5.74, 6) is 1.13. The third kappa shape index (κ3) is 3.62. The second-order valence-electron chi connectivity index (χ2n) is 6.52. The maximum atomic E-state index is 12.7. The first-order valence-corrected chi connectivity index (χ1v) is 9.11. The van der Waals surface area contributed by atoms with Gasteiger partial charge in [0.1, 0.15) is 11.6 Å². The number of carbonyl (C=O) groups is 1. The van der Waals surface area contributed by atoms with Crippen LogP contribution in [0.5, 0.6) is 0 Å². The molecule has 2 fully saturated rings. The number of aromatic nitrogens is 2. The van der Waals surface area contributed by atoms with Crippen LogP contribution in [0.3, 0.4) is 0 Å². The molecule has 0 aromatic carbocycles. The molecule has 0 atom stereocenters. The van der Waals surface area contributed by atoms with Crippen molar-refractivity contribution in [3.05, 3.63) is 42.2 Å². The number of pyridine rings is 2. The molecule has 0 bridgehead atoms. The third-order valence-electron chi connectivity index (χ3n) is 4.80. The van der Waals surface area contributed by atoms with Gasteiger partial charge < -0.3 is 19.9 Å². The molecule has 7 heteroatoms. The maximum absolute atomic E-state index is 12.7. The van der Waals surface area contributed by atoms with Gasteiger partial charge in [-0.05, 0) is 37.1 Å². The van der Waals surface area contributed by atoms with Crippen LogP contribution in [0.1, 0.15) is 23.2 Å². The molecule has 136 valence electrons. The van der Waals surface area contributed by atoms with Gasteiger partial charge in [0, 0.05) is 32.4 Å². The molecule has 0 unspecified atom stereocenters. The fourth-order valence-electron chi connectivity index (χ4n) is 3.41. The van der Waals surface area contributed by atoms with E-state index in [-0.39, 0.29) is 5.91 Å². The zero-order valence-corrected chi connectivity index (χ0v) is 14.7. The molecule has 0 saturated carbocycles. The van der Waals surface area contributed by atoms with Crippen molar-refractivity contribution in [2.75, 3.05) is 54.5 Å². The monoisotopic (exact) mass is 353 g/mol. The molecule has 1 N–H and O–H groups in total. The molecular weight excluding hydrogens is 330 g/mol. The van der Waals surface area contributed by atoms with Crippen LogP contribution in [0.4, 0.5) is 17.3 Å². The predicted octanol–water partition coefficient (Wildman–Crippen LogP) is 2.17. The average Bonchev–Trinajstić information content (AvgIpc) is 3.24.